The monoisotopic (exact) mass is 898 g/mol. The number of hydrogen-bond donors (Lipinski definition) is 4. The number of nitrogens with zero attached hydrogens (tertiary/aromatic N) is 3. The van der Waals surface area contributed by atoms with Gasteiger partial charge in [-0.05, 0) is 83.2 Å². The van der Waals surface area contributed by atoms with Gasteiger partial charge in [0.15, 0.2) is 12.1 Å². The van der Waals surface area contributed by atoms with Gasteiger partial charge in [0.25, 0.3) is 5.91 Å². The summed E-state index contributed by atoms with van der Waals surface area (Å²) in [6.07, 6.45) is 22.5. The van der Waals surface area contributed by atoms with Gasteiger partial charge in [-0.2, -0.15) is 0 Å². The summed E-state index contributed by atoms with van der Waals surface area (Å²) in [6, 6.07) is -1.43. The molecule has 2 saturated carbocycles. The molecule has 3 fully saturated rings. The van der Waals surface area contributed by atoms with E-state index in [1.165, 1.54) is 49.3 Å². The van der Waals surface area contributed by atoms with Crippen LogP contribution in [0, 0.1) is 23.7 Å². The zero-order valence-electron chi connectivity index (χ0n) is 40.6. The van der Waals surface area contributed by atoms with Crippen LogP contribution in [0.4, 0.5) is 4.39 Å². The van der Waals surface area contributed by atoms with Crippen molar-refractivity contribution in [1.29, 1.82) is 0 Å². The molecule has 0 radical (unpaired) electrons. The third-order valence-electron chi connectivity index (χ3n) is 10.4. The molecule has 1 aliphatic heterocycles. The largest absolute Gasteiger partial charge is 0.490 e. The zero-order valence-corrected chi connectivity index (χ0v) is 40.6. The summed E-state index contributed by atoms with van der Waals surface area (Å²) in [5.74, 6) is -0.0617. The highest BCUT2D eigenvalue weighted by molar-refractivity contribution is 6.25. The quantitative estimate of drug-likeness (QED) is 0.0368. The summed E-state index contributed by atoms with van der Waals surface area (Å²) in [4.78, 5) is 82.2. The molecule has 2 aliphatic carbocycles. The number of halogens is 1. The Morgan fingerprint density at radius 2 is 1.67 bits per heavy atom. The fraction of sp³-hybridized carbons (Fsp3) is 0.673. The van der Waals surface area contributed by atoms with Gasteiger partial charge < -0.3 is 35.7 Å². The van der Waals surface area contributed by atoms with Gasteiger partial charge >= 0.3 is 0 Å². The predicted molar refractivity (Wildman–Crippen MR) is 252 cm³/mol. The van der Waals surface area contributed by atoms with Crippen molar-refractivity contribution < 1.29 is 37.9 Å². The molecule has 0 spiro atoms. The second-order valence-corrected chi connectivity index (χ2v) is 16.9. The normalized spacial score (nSPS) is 18.7. The number of terminal acetylenes is 1. The van der Waals surface area contributed by atoms with Crippen LogP contribution in [0.25, 0.3) is 0 Å². The first kappa shape index (κ1) is 59.2. The fourth-order valence-corrected chi connectivity index (χ4v) is 6.94. The number of Topliss-reactive ketones (excluding diaryl/α,β-unsaturated/α-hetero) is 1. The van der Waals surface area contributed by atoms with E-state index in [1.807, 2.05) is 41.5 Å². The second-order valence-electron chi connectivity index (χ2n) is 16.9. The standard InChI is InChI=1S/C31H44FN5O5.C7H17N.C6H9NO2.C3H4.C2H6/c1-6-7-13-24(32)20(2)42-23-16-22(19-38)37(18-23)30(41)27(31(3,4)5)36-29(40)26(21-11-9-8-10-12-21)35-28(39)25-17-33-14-15-34-25;1-4-6-7(3)8-5-2;8-4-6(9)3-7-5-1-2-5;1-3-2;1-2/h7,13-15,17,19,21-23,26-27H,6,8-12,16,18H2,1-5H3,(H,35,39)(H,36,40);7-8H,4-6H2,1-3H3;4-5,7H,1-3H2;1H,2H3;1-2H3/b13-7-,24-20-;;;;/t22?,23-,26?,27-;7-;;;/m11.../s1. The molecule has 64 heavy (non-hydrogen) atoms. The van der Waals surface area contributed by atoms with Gasteiger partial charge in [0.1, 0.15) is 35.9 Å². The number of allylic oxidation sites excluding steroid dienone is 4. The van der Waals surface area contributed by atoms with Gasteiger partial charge in [-0.25, -0.2) is 9.37 Å². The Labute approximate surface area is 383 Å². The number of aromatic nitrogens is 2. The van der Waals surface area contributed by atoms with Crippen LogP contribution in [0.5, 0.6) is 0 Å². The third-order valence-corrected chi connectivity index (χ3v) is 10.4. The van der Waals surface area contributed by atoms with Crippen LogP contribution in [0.1, 0.15) is 157 Å². The zero-order chi connectivity index (χ0) is 48.7. The summed E-state index contributed by atoms with van der Waals surface area (Å²) in [5, 5.41) is 12.0. The molecule has 360 valence electrons. The number of amides is 3. The maximum Gasteiger partial charge on any atom is 0.272 e. The van der Waals surface area contributed by atoms with Crippen LogP contribution in [-0.4, -0.2) is 107 Å². The summed E-state index contributed by atoms with van der Waals surface area (Å²) < 4.78 is 20.1. The minimum absolute atomic E-state index is 0.0717. The number of aldehydes is 2. The molecule has 14 nitrogen and oxygen atoms in total. The van der Waals surface area contributed by atoms with E-state index in [2.05, 4.69) is 64.4 Å². The number of carbonyl (C=O) groups is 6. The van der Waals surface area contributed by atoms with Gasteiger partial charge in [0.2, 0.25) is 17.6 Å². The fourth-order valence-electron chi connectivity index (χ4n) is 6.94. The molecule has 1 aromatic heterocycles. The Morgan fingerprint density at radius 1 is 1.03 bits per heavy atom. The van der Waals surface area contributed by atoms with E-state index >= 15 is 0 Å². The molecule has 2 unspecified atom stereocenters. The van der Waals surface area contributed by atoms with Crippen molar-refractivity contribution in [2.75, 3.05) is 19.6 Å². The molecule has 2 heterocycles. The van der Waals surface area contributed by atoms with Crippen LogP contribution < -0.4 is 21.3 Å². The molecule has 1 saturated heterocycles. The number of hydrogen-bond acceptors (Lipinski definition) is 11. The molecular formula is C49H80FN7O7. The lowest BCUT2D eigenvalue weighted by molar-refractivity contribution is -0.142. The van der Waals surface area contributed by atoms with E-state index in [-0.39, 0.29) is 42.7 Å². The van der Waals surface area contributed by atoms with E-state index in [1.54, 1.807) is 13.0 Å². The first-order chi connectivity index (χ1) is 30.5. The average Bonchev–Trinajstić information content (AvgIpc) is 4.04. The molecule has 15 heteroatoms. The predicted octanol–water partition coefficient (Wildman–Crippen LogP) is 7.00. The summed E-state index contributed by atoms with van der Waals surface area (Å²) in [7, 11) is 0. The molecule has 4 rings (SSSR count). The molecule has 0 bridgehead atoms. The SMILES string of the molecule is C#CC.CC.CC/C=C\C(F)=C(/C)O[C@@H]1CC(C=O)N(C(=O)[C@@H](NC(=O)C(NC(=O)c2cnccn2)C2CCCCC2)C(C)(C)C)C1.CCC[C@@H](C)NCC.O=CC(=O)CNC1CC1. The van der Waals surface area contributed by atoms with Crippen molar-refractivity contribution >= 4 is 36.1 Å². The smallest absolute Gasteiger partial charge is 0.272 e. The molecular weight excluding hydrogens is 818 g/mol. The van der Waals surface area contributed by atoms with Crippen LogP contribution in [0.3, 0.4) is 0 Å². The van der Waals surface area contributed by atoms with Gasteiger partial charge in [-0.1, -0.05) is 87.1 Å². The number of rotatable bonds is 19. The molecule has 3 amide bonds. The number of ketones is 1. The van der Waals surface area contributed by atoms with Gasteiger partial charge in [-0.3, -0.25) is 29.0 Å². The number of ether oxygens (including phenoxy) is 1. The Kier molecular flexibility index (Phi) is 31.1. The van der Waals surface area contributed by atoms with E-state index < -0.39 is 53.2 Å². The highest BCUT2D eigenvalue weighted by Gasteiger charge is 2.44. The maximum absolute atomic E-state index is 14.4. The number of likely N-dealkylation sites (tertiary alicyclic amines) is 1. The van der Waals surface area contributed by atoms with Gasteiger partial charge in [0, 0.05) is 30.9 Å². The Morgan fingerprint density at radius 3 is 2.17 bits per heavy atom. The Bertz CT molecular complexity index is 1630. The van der Waals surface area contributed by atoms with Gasteiger partial charge in [-0.15, -0.1) is 12.3 Å². The summed E-state index contributed by atoms with van der Waals surface area (Å²) in [5.41, 5.74) is -0.629. The van der Waals surface area contributed by atoms with Crippen LogP contribution >= 0.6 is 0 Å². The first-order valence-corrected chi connectivity index (χ1v) is 23.2. The van der Waals surface area contributed by atoms with Crippen LogP contribution in [0.2, 0.25) is 0 Å². The summed E-state index contributed by atoms with van der Waals surface area (Å²) in [6.45, 7) is 22.5. The molecule has 3 aliphatic rings. The molecule has 4 N–H and O–H groups in total. The minimum atomic E-state index is -0.994. The van der Waals surface area contributed by atoms with Crippen molar-refractivity contribution in [1.82, 2.24) is 36.1 Å². The lowest BCUT2D eigenvalue weighted by Crippen LogP contribution is -2.60. The second kappa shape index (κ2) is 33.7. The molecule has 5 atom stereocenters. The van der Waals surface area contributed by atoms with E-state index in [0.29, 0.717) is 31.1 Å². The van der Waals surface area contributed by atoms with Crippen molar-refractivity contribution in [3.05, 3.63) is 48.0 Å². The molecule has 1 aromatic rings. The van der Waals surface area contributed by atoms with Crippen molar-refractivity contribution in [3.63, 3.8) is 0 Å². The van der Waals surface area contributed by atoms with E-state index in [9.17, 15) is 33.2 Å². The van der Waals surface area contributed by atoms with Gasteiger partial charge in [0.05, 0.1) is 25.3 Å². The highest BCUT2D eigenvalue weighted by Crippen LogP contribution is 2.30. The third kappa shape index (κ3) is 23.8. The van der Waals surface area contributed by atoms with Crippen LogP contribution in [0.15, 0.2) is 42.3 Å². The van der Waals surface area contributed by atoms with Crippen molar-refractivity contribution in [3.8, 4) is 12.3 Å². The maximum atomic E-state index is 14.4. The highest BCUT2D eigenvalue weighted by atomic mass is 19.1. The Balaban J connectivity index is 0.00000147. The topological polar surface area (TPSA) is 189 Å². The Hall–Kier alpha value is -4.81. The first-order valence-electron chi connectivity index (χ1n) is 23.2. The number of nitrogens with one attached hydrogen (secondary N) is 4. The van der Waals surface area contributed by atoms with Crippen molar-refractivity contribution in [2.24, 2.45) is 11.3 Å². The lowest BCUT2D eigenvalue weighted by Gasteiger charge is -2.37. The summed E-state index contributed by atoms with van der Waals surface area (Å²) >= 11 is 0. The number of carbonyl (C=O) groups excluding carboxylic acids is 6. The van der Waals surface area contributed by atoms with E-state index in [0.717, 1.165) is 51.5 Å². The van der Waals surface area contributed by atoms with E-state index in [4.69, 9.17) is 4.74 Å². The minimum Gasteiger partial charge on any atom is -0.490 e. The van der Waals surface area contributed by atoms with Crippen molar-refractivity contribution in [2.45, 2.75) is 183 Å². The lowest BCUT2D eigenvalue weighted by atomic mass is 9.82. The average molecular weight is 898 g/mol. The molecule has 0 aromatic carbocycles. The van der Waals surface area contributed by atoms with Crippen LogP contribution in [-0.2, 0) is 28.7 Å².